The SMILES string of the molecule is COc1cc(-c2cn(C)c(=O)c3[nH]ncc23)cc(OC)c1CN1CC(NC(=O)CCN2CCC(c3ccc(NC4CCC(=O)NC4=O)cc3)CC2)C1. The molecule has 4 N–H and O–H groups in total. The topological polar surface area (TPSA) is 163 Å². The third-order valence-corrected chi connectivity index (χ3v) is 10.6. The average Bonchev–Trinajstić information content (AvgIpc) is 3.63. The van der Waals surface area contributed by atoms with Gasteiger partial charge < -0.3 is 29.6 Å². The molecule has 7 rings (SSSR count). The zero-order valence-corrected chi connectivity index (χ0v) is 29.9. The first-order valence-corrected chi connectivity index (χ1v) is 17.9. The Morgan fingerprint density at radius 3 is 2.37 bits per heavy atom. The van der Waals surface area contributed by atoms with Crippen molar-refractivity contribution in [3.05, 3.63) is 70.3 Å². The van der Waals surface area contributed by atoms with Gasteiger partial charge in [0.05, 0.1) is 32.0 Å². The lowest BCUT2D eigenvalue weighted by atomic mass is 9.89. The van der Waals surface area contributed by atoms with E-state index >= 15 is 0 Å². The number of aryl methyl sites for hydroxylation is 1. The molecule has 3 aliphatic heterocycles. The number of aromatic nitrogens is 3. The quantitative estimate of drug-likeness (QED) is 0.161. The number of rotatable bonds is 12. The molecule has 2 aromatic heterocycles. The number of hydrogen-bond donors (Lipinski definition) is 4. The number of pyridine rings is 1. The Labute approximate surface area is 301 Å². The maximum atomic E-state index is 12.9. The molecule has 0 spiro atoms. The average molecular weight is 711 g/mol. The van der Waals surface area contributed by atoms with E-state index in [4.69, 9.17) is 9.47 Å². The van der Waals surface area contributed by atoms with Crippen LogP contribution in [0.15, 0.2) is 53.6 Å². The number of hydrogen-bond acceptors (Lipinski definition) is 10. The van der Waals surface area contributed by atoms with Gasteiger partial charge in [0.25, 0.3) is 5.56 Å². The van der Waals surface area contributed by atoms with E-state index in [-0.39, 0.29) is 35.4 Å². The van der Waals surface area contributed by atoms with Crippen molar-refractivity contribution in [2.45, 2.75) is 56.7 Å². The Kier molecular flexibility index (Phi) is 10.3. The second-order valence-corrected chi connectivity index (χ2v) is 14.1. The number of carbonyl (C=O) groups excluding carboxylic acids is 3. The number of H-pyrrole nitrogens is 1. The van der Waals surface area contributed by atoms with Crippen molar-refractivity contribution in [2.75, 3.05) is 52.3 Å². The van der Waals surface area contributed by atoms with E-state index in [0.29, 0.717) is 48.7 Å². The number of piperidine rings is 2. The second-order valence-electron chi connectivity index (χ2n) is 14.1. The first-order valence-electron chi connectivity index (χ1n) is 17.9. The molecule has 14 nitrogen and oxygen atoms in total. The lowest BCUT2D eigenvalue weighted by molar-refractivity contribution is -0.133. The fraction of sp³-hybridized carbons (Fsp3) is 0.447. The van der Waals surface area contributed by atoms with Gasteiger partial charge in [-0.25, -0.2) is 0 Å². The number of aromatic amines is 1. The Balaban J connectivity index is 0.852. The monoisotopic (exact) mass is 710 g/mol. The van der Waals surface area contributed by atoms with Crippen molar-refractivity contribution in [2.24, 2.45) is 7.05 Å². The zero-order chi connectivity index (χ0) is 36.4. The standard InChI is InChI=1S/C38H46N8O6/c1-44-21-29(28-18-39-43-36(28)38(44)50)25-16-32(51-2)30(33(17-25)52-3)22-46-19-27(20-46)41-35(48)12-15-45-13-10-24(11-14-45)23-4-6-26(7-5-23)40-31-8-9-34(47)42-37(31)49/h4-7,16-18,21,24,27,31,40H,8-15,19-20,22H2,1-3H3,(H,39,43)(H,41,48)(H,42,47,49). The Bertz CT molecular complexity index is 1980. The molecule has 0 bridgehead atoms. The molecule has 3 amide bonds. The highest BCUT2D eigenvalue weighted by atomic mass is 16.5. The van der Waals surface area contributed by atoms with E-state index in [1.54, 1.807) is 33.7 Å². The summed E-state index contributed by atoms with van der Waals surface area (Å²) >= 11 is 0. The Morgan fingerprint density at radius 1 is 0.981 bits per heavy atom. The minimum Gasteiger partial charge on any atom is -0.496 e. The molecule has 1 atom stereocenters. The number of anilines is 1. The summed E-state index contributed by atoms with van der Waals surface area (Å²) in [6.45, 7) is 4.73. The highest BCUT2D eigenvalue weighted by Crippen LogP contribution is 2.38. The van der Waals surface area contributed by atoms with Crippen LogP contribution in [0.4, 0.5) is 5.69 Å². The largest absolute Gasteiger partial charge is 0.496 e. The van der Waals surface area contributed by atoms with E-state index in [2.05, 4.69) is 48.1 Å². The van der Waals surface area contributed by atoms with Crippen LogP contribution >= 0.6 is 0 Å². The molecule has 4 aromatic rings. The third kappa shape index (κ3) is 7.53. The van der Waals surface area contributed by atoms with Crippen LogP contribution in [0.25, 0.3) is 22.0 Å². The molecular weight excluding hydrogens is 664 g/mol. The fourth-order valence-corrected chi connectivity index (χ4v) is 7.62. The predicted octanol–water partition coefficient (Wildman–Crippen LogP) is 2.73. The van der Waals surface area contributed by atoms with E-state index in [1.165, 1.54) is 10.1 Å². The normalized spacial score (nSPS) is 18.9. The van der Waals surface area contributed by atoms with Gasteiger partial charge in [-0.2, -0.15) is 5.10 Å². The molecule has 274 valence electrons. The van der Waals surface area contributed by atoms with Crippen LogP contribution in [0.5, 0.6) is 11.5 Å². The maximum Gasteiger partial charge on any atom is 0.276 e. The van der Waals surface area contributed by atoms with Crippen molar-refractivity contribution >= 4 is 34.3 Å². The Morgan fingerprint density at radius 2 is 1.69 bits per heavy atom. The van der Waals surface area contributed by atoms with Gasteiger partial charge >= 0.3 is 0 Å². The van der Waals surface area contributed by atoms with Crippen LogP contribution in [0.3, 0.4) is 0 Å². The van der Waals surface area contributed by atoms with Gasteiger partial charge in [0.15, 0.2) is 0 Å². The lowest BCUT2D eigenvalue weighted by Gasteiger charge is -2.40. The summed E-state index contributed by atoms with van der Waals surface area (Å²) in [5.74, 6) is 1.44. The van der Waals surface area contributed by atoms with E-state index in [0.717, 1.165) is 73.3 Å². The molecule has 5 heterocycles. The second kappa shape index (κ2) is 15.2. The van der Waals surface area contributed by atoms with Crippen molar-refractivity contribution < 1.29 is 23.9 Å². The van der Waals surface area contributed by atoms with E-state index in [9.17, 15) is 19.2 Å². The van der Waals surface area contributed by atoms with Gasteiger partial charge in [-0.15, -0.1) is 0 Å². The van der Waals surface area contributed by atoms with Gasteiger partial charge in [-0.1, -0.05) is 12.1 Å². The zero-order valence-electron chi connectivity index (χ0n) is 29.9. The number of nitrogens with zero attached hydrogens (tertiary/aromatic N) is 4. The summed E-state index contributed by atoms with van der Waals surface area (Å²) in [7, 11) is 4.99. The molecule has 1 unspecified atom stereocenters. The van der Waals surface area contributed by atoms with Gasteiger partial charge in [0, 0.05) is 68.9 Å². The molecule has 0 saturated carbocycles. The number of methoxy groups -OCH3 is 2. The molecule has 14 heteroatoms. The van der Waals surface area contributed by atoms with Crippen molar-refractivity contribution in [1.82, 2.24) is 35.2 Å². The summed E-state index contributed by atoms with van der Waals surface area (Å²) < 4.78 is 13.2. The van der Waals surface area contributed by atoms with Crippen LogP contribution in [0.1, 0.15) is 49.1 Å². The highest BCUT2D eigenvalue weighted by molar-refractivity contribution is 6.01. The van der Waals surface area contributed by atoms with Crippen molar-refractivity contribution in [3.8, 4) is 22.6 Å². The third-order valence-electron chi connectivity index (χ3n) is 10.6. The van der Waals surface area contributed by atoms with Gasteiger partial charge in [-0.3, -0.25) is 34.5 Å². The molecule has 3 fully saturated rings. The summed E-state index contributed by atoms with van der Waals surface area (Å²) in [6.07, 6.45) is 6.85. The summed E-state index contributed by atoms with van der Waals surface area (Å²) in [5.41, 5.74) is 5.09. The van der Waals surface area contributed by atoms with Crippen LogP contribution in [-0.4, -0.2) is 101 Å². The first-order chi connectivity index (χ1) is 25.2. The summed E-state index contributed by atoms with van der Waals surface area (Å²) in [6, 6.07) is 11.9. The van der Waals surface area contributed by atoms with E-state index in [1.807, 2.05) is 24.3 Å². The minimum atomic E-state index is -0.388. The van der Waals surface area contributed by atoms with Crippen LogP contribution in [0, 0.1) is 0 Å². The highest BCUT2D eigenvalue weighted by Gasteiger charge is 2.31. The Hall–Kier alpha value is -5.21. The number of nitrogens with one attached hydrogen (secondary N) is 4. The fourth-order valence-electron chi connectivity index (χ4n) is 7.62. The minimum absolute atomic E-state index is 0.0770. The molecule has 3 aliphatic rings. The predicted molar refractivity (Wildman–Crippen MR) is 196 cm³/mol. The van der Waals surface area contributed by atoms with Crippen molar-refractivity contribution in [1.29, 1.82) is 0 Å². The van der Waals surface area contributed by atoms with Gasteiger partial charge in [0.1, 0.15) is 23.1 Å². The van der Waals surface area contributed by atoms with E-state index < -0.39 is 0 Å². The van der Waals surface area contributed by atoms with Crippen molar-refractivity contribution in [3.63, 3.8) is 0 Å². The summed E-state index contributed by atoms with van der Waals surface area (Å²) in [5, 5.41) is 16.5. The lowest BCUT2D eigenvalue weighted by Crippen LogP contribution is -2.58. The molecule has 0 aliphatic carbocycles. The number of carbonyl (C=O) groups is 3. The maximum absolute atomic E-state index is 12.9. The summed E-state index contributed by atoms with van der Waals surface area (Å²) in [4.78, 5) is 53.5. The molecule has 3 saturated heterocycles. The van der Waals surface area contributed by atoms with Crippen LogP contribution in [0.2, 0.25) is 0 Å². The first kappa shape index (κ1) is 35.2. The van der Waals surface area contributed by atoms with Gasteiger partial charge in [0.2, 0.25) is 17.7 Å². The molecule has 0 radical (unpaired) electrons. The smallest absolute Gasteiger partial charge is 0.276 e. The molecule has 2 aromatic carbocycles. The number of imide groups is 1. The number of fused-ring (bicyclic) bond motifs is 1. The number of benzene rings is 2. The molecule has 52 heavy (non-hydrogen) atoms. The number of likely N-dealkylation sites (tertiary alicyclic amines) is 2. The van der Waals surface area contributed by atoms with Gasteiger partial charge in [-0.05, 0) is 73.7 Å². The van der Waals surface area contributed by atoms with Crippen LogP contribution < -0.4 is 31.0 Å². The van der Waals surface area contributed by atoms with Crippen LogP contribution in [-0.2, 0) is 28.0 Å². The molecular formula is C38H46N8O6. The number of amides is 3. The number of ether oxygens (including phenoxy) is 2.